The number of ether oxygens (including phenoxy) is 1. The van der Waals surface area contributed by atoms with Crippen molar-refractivity contribution >= 4 is 11.5 Å². The molecule has 1 aliphatic carbocycles. The number of hydrogen-bond donors (Lipinski definition) is 3. The van der Waals surface area contributed by atoms with Crippen molar-refractivity contribution in [1.29, 1.82) is 0 Å². The molecule has 3 N–H and O–H groups in total. The molecule has 6 rings (SSSR count). The Bertz CT molecular complexity index is 1060. The fourth-order valence-corrected chi connectivity index (χ4v) is 5.58. The third-order valence-electron chi connectivity index (χ3n) is 7.68. The fourth-order valence-electron chi connectivity index (χ4n) is 5.58. The van der Waals surface area contributed by atoms with Crippen LogP contribution in [0.2, 0.25) is 0 Å². The molecular formula is C28H36N2O4. The van der Waals surface area contributed by atoms with Crippen molar-refractivity contribution < 1.29 is 19.7 Å². The first-order chi connectivity index (χ1) is 16.4. The Labute approximate surface area is 201 Å². The Kier molecular flexibility index (Phi) is 6.17. The van der Waals surface area contributed by atoms with Gasteiger partial charge in [-0.25, -0.2) is 0 Å². The van der Waals surface area contributed by atoms with E-state index in [0.29, 0.717) is 22.4 Å². The van der Waals surface area contributed by atoms with E-state index in [0.717, 1.165) is 37.2 Å². The van der Waals surface area contributed by atoms with Crippen LogP contribution < -0.4 is 15.0 Å². The molecule has 2 fully saturated rings. The lowest BCUT2D eigenvalue weighted by Gasteiger charge is -2.30. The average Bonchev–Trinajstić information content (AvgIpc) is 3.21. The fraction of sp³-hybridized carbons (Fsp3) is 0.536. The monoisotopic (exact) mass is 464 g/mol. The molecule has 2 saturated heterocycles. The van der Waals surface area contributed by atoms with Crippen LogP contribution in [-0.2, 0) is 11.4 Å². The Morgan fingerprint density at radius 1 is 0.912 bits per heavy atom. The number of carbonyl (C=O) groups excluding carboxylic acids is 1. The molecule has 2 atom stereocenters. The van der Waals surface area contributed by atoms with Crippen LogP contribution in [-0.4, -0.2) is 42.2 Å². The Balaban J connectivity index is 0.000000351. The molecule has 2 aromatic carbocycles. The van der Waals surface area contributed by atoms with Gasteiger partial charge in [-0.05, 0) is 80.9 Å². The van der Waals surface area contributed by atoms with Gasteiger partial charge in [0.1, 0.15) is 5.75 Å². The van der Waals surface area contributed by atoms with E-state index in [2.05, 4.69) is 24.1 Å². The lowest BCUT2D eigenvalue weighted by Crippen LogP contribution is -2.48. The van der Waals surface area contributed by atoms with E-state index < -0.39 is 17.2 Å². The maximum Gasteiger partial charge on any atom is 0.276 e. The predicted octanol–water partition coefficient (Wildman–Crippen LogP) is 4.18. The molecule has 0 saturated carbocycles. The van der Waals surface area contributed by atoms with Gasteiger partial charge in [0.15, 0.2) is 0 Å². The molecule has 6 nitrogen and oxygen atoms in total. The van der Waals surface area contributed by atoms with Gasteiger partial charge in [0.25, 0.3) is 5.79 Å². The van der Waals surface area contributed by atoms with E-state index in [1.54, 1.807) is 18.2 Å². The Morgan fingerprint density at radius 3 is 2.21 bits per heavy atom. The van der Waals surface area contributed by atoms with Crippen molar-refractivity contribution in [3.05, 3.63) is 58.7 Å². The summed E-state index contributed by atoms with van der Waals surface area (Å²) >= 11 is 0. The van der Waals surface area contributed by atoms with Gasteiger partial charge in [-0.1, -0.05) is 32.4 Å². The van der Waals surface area contributed by atoms with Crippen LogP contribution in [0.3, 0.4) is 0 Å². The molecule has 3 heterocycles. The van der Waals surface area contributed by atoms with Gasteiger partial charge in [-0.15, -0.1) is 0 Å². The number of fused-ring (bicyclic) bond motifs is 5. The van der Waals surface area contributed by atoms with Gasteiger partial charge in [0.2, 0.25) is 11.4 Å². The summed E-state index contributed by atoms with van der Waals surface area (Å²) in [4.78, 5) is 15.6. The molecule has 0 bridgehead atoms. The zero-order valence-corrected chi connectivity index (χ0v) is 20.3. The standard InChI is InChI=1S/C23H25NO4.C5H11N/c1-14(2)15-6-8-19-20(12-15)28-23(27)18-9-7-16(24-10-4-3-5-11-24)13-17(18)21(25)22(19,23)26;1-2-4-6-5-3-1/h6-9,12-14,26-27H,3-5,10-11H2,1-2H3;6H,1-5H2. The molecule has 6 heteroatoms. The first-order valence-electron chi connectivity index (χ1n) is 12.8. The molecular weight excluding hydrogens is 428 g/mol. The summed E-state index contributed by atoms with van der Waals surface area (Å²) < 4.78 is 5.87. The number of piperidine rings is 2. The summed E-state index contributed by atoms with van der Waals surface area (Å²) in [5.74, 6) is -1.94. The van der Waals surface area contributed by atoms with Crippen LogP contribution in [0, 0.1) is 0 Å². The van der Waals surface area contributed by atoms with E-state index in [1.165, 1.54) is 38.8 Å². The Morgan fingerprint density at radius 2 is 1.59 bits per heavy atom. The number of ketones is 1. The number of carbonyl (C=O) groups is 1. The van der Waals surface area contributed by atoms with Gasteiger partial charge in [-0.2, -0.15) is 0 Å². The van der Waals surface area contributed by atoms with Crippen LogP contribution in [0.4, 0.5) is 5.69 Å². The third kappa shape index (κ3) is 3.63. The van der Waals surface area contributed by atoms with Gasteiger partial charge in [0.05, 0.1) is 0 Å². The maximum atomic E-state index is 13.3. The molecule has 0 spiro atoms. The summed E-state index contributed by atoms with van der Waals surface area (Å²) in [6, 6.07) is 10.8. The van der Waals surface area contributed by atoms with Crippen LogP contribution in [0.15, 0.2) is 36.4 Å². The summed E-state index contributed by atoms with van der Waals surface area (Å²) in [7, 11) is 0. The summed E-state index contributed by atoms with van der Waals surface area (Å²) in [6.45, 7) is 8.53. The van der Waals surface area contributed by atoms with Crippen LogP contribution in [0.5, 0.6) is 5.75 Å². The first kappa shape index (κ1) is 23.3. The van der Waals surface area contributed by atoms with Crippen molar-refractivity contribution in [2.24, 2.45) is 0 Å². The number of benzene rings is 2. The van der Waals surface area contributed by atoms with Crippen molar-refractivity contribution in [2.75, 3.05) is 31.1 Å². The molecule has 4 aliphatic rings. The highest BCUT2D eigenvalue weighted by molar-refractivity contribution is 6.10. The van der Waals surface area contributed by atoms with Gasteiger partial charge >= 0.3 is 0 Å². The van der Waals surface area contributed by atoms with E-state index in [-0.39, 0.29) is 5.92 Å². The number of anilines is 1. The Hall–Kier alpha value is -2.41. The molecule has 3 aliphatic heterocycles. The molecule has 0 radical (unpaired) electrons. The number of rotatable bonds is 2. The lowest BCUT2D eigenvalue weighted by molar-refractivity contribution is -0.224. The third-order valence-corrected chi connectivity index (χ3v) is 7.68. The van der Waals surface area contributed by atoms with Crippen molar-refractivity contribution in [1.82, 2.24) is 5.32 Å². The summed E-state index contributed by atoms with van der Waals surface area (Å²) in [6.07, 6.45) is 7.71. The minimum absolute atomic E-state index is 0.272. The normalized spacial score (nSPS) is 27.4. The zero-order valence-electron chi connectivity index (χ0n) is 20.3. The maximum absolute atomic E-state index is 13.3. The van der Waals surface area contributed by atoms with Crippen molar-refractivity contribution in [3.63, 3.8) is 0 Å². The second-order valence-electron chi connectivity index (χ2n) is 10.3. The lowest BCUT2D eigenvalue weighted by atomic mass is 9.86. The van der Waals surface area contributed by atoms with Crippen LogP contribution in [0.25, 0.3) is 0 Å². The quantitative estimate of drug-likeness (QED) is 0.619. The SMILES string of the molecule is C1CCNCC1.CC(C)c1ccc2c(c1)OC1(O)c3ccc(N4CCCCC4)cc3C(=O)C21O. The zero-order chi connectivity index (χ0) is 23.9. The highest BCUT2D eigenvalue weighted by Gasteiger charge is 2.70. The molecule has 0 aromatic heterocycles. The van der Waals surface area contributed by atoms with E-state index in [9.17, 15) is 15.0 Å². The molecule has 2 unspecified atom stereocenters. The van der Waals surface area contributed by atoms with Crippen LogP contribution >= 0.6 is 0 Å². The second kappa shape index (κ2) is 8.99. The highest BCUT2D eigenvalue weighted by Crippen LogP contribution is 2.58. The number of hydrogen-bond acceptors (Lipinski definition) is 6. The molecule has 34 heavy (non-hydrogen) atoms. The summed E-state index contributed by atoms with van der Waals surface area (Å²) in [5, 5.41) is 26.1. The molecule has 0 amide bonds. The van der Waals surface area contributed by atoms with Gasteiger partial charge < -0.3 is 25.2 Å². The number of nitrogens with one attached hydrogen (secondary N) is 1. The number of aliphatic hydroxyl groups is 2. The molecule has 2 aromatic rings. The summed E-state index contributed by atoms with van der Waals surface area (Å²) in [5.41, 5.74) is 0.879. The number of nitrogens with zero attached hydrogens (tertiary/aromatic N) is 1. The minimum Gasteiger partial charge on any atom is -0.454 e. The second-order valence-corrected chi connectivity index (χ2v) is 10.3. The minimum atomic E-state index is -2.11. The topological polar surface area (TPSA) is 82.0 Å². The van der Waals surface area contributed by atoms with E-state index >= 15 is 0 Å². The molecule has 182 valence electrons. The largest absolute Gasteiger partial charge is 0.454 e. The van der Waals surface area contributed by atoms with Crippen molar-refractivity contribution in [3.8, 4) is 5.75 Å². The number of Topliss-reactive ketones (excluding diaryl/α,β-unsaturated/α-hetero) is 1. The first-order valence-corrected chi connectivity index (χ1v) is 12.8. The van der Waals surface area contributed by atoms with Crippen LogP contribution in [0.1, 0.15) is 85.3 Å². The highest BCUT2D eigenvalue weighted by atomic mass is 16.7. The smallest absolute Gasteiger partial charge is 0.276 e. The van der Waals surface area contributed by atoms with E-state index in [4.69, 9.17) is 4.74 Å². The predicted molar refractivity (Wildman–Crippen MR) is 133 cm³/mol. The average molecular weight is 465 g/mol. The van der Waals surface area contributed by atoms with Gasteiger partial charge in [0, 0.05) is 35.5 Å². The van der Waals surface area contributed by atoms with Crippen molar-refractivity contribution in [2.45, 2.75) is 69.7 Å². The van der Waals surface area contributed by atoms with E-state index in [1.807, 2.05) is 18.2 Å². The van der Waals surface area contributed by atoms with Gasteiger partial charge in [-0.3, -0.25) is 4.79 Å².